The average Bonchev–Trinajstić information content (AvgIpc) is 2.32. The fraction of sp³-hybridized carbons (Fsp3) is 0.455. The number of rotatable bonds is 0. The van der Waals surface area contributed by atoms with E-state index in [1.165, 1.54) is 0 Å². The highest BCUT2D eigenvalue weighted by Gasteiger charge is 2.24. The standard InChI is InChI=1S/C11H14F2N2/c1-11(2)5-14-8-4-3-7(12)9(13)10(8)15-6-11/h3-4,14-15H,5-6H2,1-2H3. The first-order chi connectivity index (χ1) is 6.99. The number of anilines is 2. The van der Waals surface area contributed by atoms with E-state index in [0.29, 0.717) is 12.2 Å². The maximum absolute atomic E-state index is 13.4. The van der Waals surface area contributed by atoms with E-state index >= 15 is 0 Å². The summed E-state index contributed by atoms with van der Waals surface area (Å²) in [6, 6.07) is 2.70. The molecule has 15 heavy (non-hydrogen) atoms. The third kappa shape index (κ3) is 1.89. The van der Waals surface area contributed by atoms with Gasteiger partial charge in [0.15, 0.2) is 11.6 Å². The summed E-state index contributed by atoms with van der Waals surface area (Å²) >= 11 is 0. The summed E-state index contributed by atoms with van der Waals surface area (Å²) < 4.78 is 26.4. The van der Waals surface area contributed by atoms with Crippen LogP contribution in [-0.4, -0.2) is 13.1 Å². The van der Waals surface area contributed by atoms with Crippen LogP contribution in [0.25, 0.3) is 0 Å². The lowest BCUT2D eigenvalue weighted by atomic mass is 9.94. The Kier molecular flexibility index (Phi) is 2.29. The van der Waals surface area contributed by atoms with Gasteiger partial charge in [-0.15, -0.1) is 0 Å². The first-order valence-corrected chi connectivity index (χ1v) is 4.95. The molecule has 0 aromatic heterocycles. The molecule has 0 radical (unpaired) electrons. The van der Waals surface area contributed by atoms with E-state index in [9.17, 15) is 8.78 Å². The van der Waals surface area contributed by atoms with E-state index in [0.717, 1.165) is 12.6 Å². The van der Waals surface area contributed by atoms with Gasteiger partial charge in [0.2, 0.25) is 0 Å². The second kappa shape index (κ2) is 3.36. The quantitative estimate of drug-likeness (QED) is 0.691. The summed E-state index contributed by atoms with van der Waals surface area (Å²) in [5, 5.41) is 6.06. The van der Waals surface area contributed by atoms with E-state index in [2.05, 4.69) is 24.5 Å². The maximum Gasteiger partial charge on any atom is 0.183 e. The van der Waals surface area contributed by atoms with Crippen LogP contribution in [0.3, 0.4) is 0 Å². The fourth-order valence-electron chi connectivity index (χ4n) is 1.60. The van der Waals surface area contributed by atoms with Gasteiger partial charge < -0.3 is 10.6 Å². The molecule has 4 heteroatoms. The highest BCUT2D eigenvalue weighted by Crippen LogP contribution is 2.32. The normalized spacial score (nSPS) is 18.4. The van der Waals surface area contributed by atoms with Gasteiger partial charge in [0.1, 0.15) is 0 Å². The SMILES string of the molecule is CC1(C)CNc2ccc(F)c(F)c2NC1. The molecule has 82 valence electrons. The number of benzene rings is 1. The minimum absolute atomic E-state index is 0.0158. The Morgan fingerprint density at radius 1 is 1.13 bits per heavy atom. The number of fused-ring (bicyclic) bond motifs is 1. The molecule has 1 aromatic rings. The second-order valence-corrected chi connectivity index (χ2v) is 4.66. The van der Waals surface area contributed by atoms with E-state index in [1.54, 1.807) is 6.07 Å². The lowest BCUT2D eigenvalue weighted by Crippen LogP contribution is -2.27. The molecule has 0 saturated carbocycles. The minimum atomic E-state index is -0.817. The van der Waals surface area contributed by atoms with Crippen LogP contribution >= 0.6 is 0 Å². The highest BCUT2D eigenvalue weighted by atomic mass is 19.2. The summed E-state index contributed by atoms with van der Waals surface area (Å²) in [6.45, 7) is 5.48. The number of hydrogen-bond donors (Lipinski definition) is 2. The van der Waals surface area contributed by atoms with Crippen molar-refractivity contribution in [2.45, 2.75) is 13.8 Å². The topological polar surface area (TPSA) is 24.1 Å². The van der Waals surface area contributed by atoms with E-state index < -0.39 is 11.6 Å². The first kappa shape index (κ1) is 10.2. The van der Waals surface area contributed by atoms with Crippen LogP contribution in [0.2, 0.25) is 0 Å². The van der Waals surface area contributed by atoms with Gasteiger partial charge in [-0.3, -0.25) is 0 Å². The molecule has 1 aromatic carbocycles. The molecule has 1 aliphatic heterocycles. The Bertz CT molecular complexity index is 388. The monoisotopic (exact) mass is 212 g/mol. The third-order valence-electron chi connectivity index (χ3n) is 2.60. The van der Waals surface area contributed by atoms with E-state index in [-0.39, 0.29) is 11.1 Å². The molecule has 0 bridgehead atoms. The number of hydrogen-bond acceptors (Lipinski definition) is 2. The second-order valence-electron chi connectivity index (χ2n) is 4.66. The van der Waals surface area contributed by atoms with Crippen molar-refractivity contribution in [2.75, 3.05) is 23.7 Å². The molecule has 0 saturated heterocycles. The van der Waals surface area contributed by atoms with Gasteiger partial charge in [-0.05, 0) is 17.5 Å². The molecule has 2 rings (SSSR count). The van der Waals surface area contributed by atoms with Crippen LogP contribution in [0.4, 0.5) is 20.2 Å². The summed E-state index contributed by atoms with van der Waals surface area (Å²) in [4.78, 5) is 0. The molecule has 2 nitrogen and oxygen atoms in total. The van der Waals surface area contributed by atoms with Crippen LogP contribution in [0.15, 0.2) is 12.1 Å². The predicted octanol–water partition coefficient (Wildman–Crippen LogP) is 2.83. The first-order valence-electron chi connectivity index (χ1n) is 4.95. The van der Waals surface area contributed by atoms with Gasteiger partial charge in [0.25, 0.3) is 0 Å². The zero-order chi connectivity index (χ0) is 11.1. The molecule has 2 N–H and O–H groups in total. The van der Waals surface area contributed by atoms with Crippen molar-refractivity contribution >= 4 is 11.4 Å². The zero-order valence-corrected chi connectivity index (χ0v) is 8.82. The summed E-state index contributed by atoms with van der Waals surface area (Å²) in [5.41, 5.74) is 0.877. The smallest absolute Gasteiger partial charge is 0.183 e. The Morgan fingerprint density at radius 3 is 2.53 bits per heavy atom. The predicted molar refractivity (Wildman–Crippen MR) is 57.1 cm³/mol. The Morgan fingerprint density at radius 2 is 1.80 bits per heavy atom. The summed E-state index contributed by atoms with van der Waals surface area (Å²) in [7, 11) is 0. The molecule has 1 aliphatic rings. The molecule has 0 spiro atoms. The fourth-order valence-corrected chi connectivity index (χ4v) is 1.60. The van der Waals surface area contributed by atoms with Crippen LogP contribution in [-0.2, 0) is 0 Å². The maximum atomic E-state index is 13.4. The highest BCUT2D eigenvalue weighted by molar-refractivity contribution is 5.70. The number of nitrogens with one attached hydrogen (secondary N) is 2. The lowest BCUT2D eigenvalue weighted by molar-refractivity contribution is 0.422. The molecule has 1 heterocycles. The van der Waals surface area contributed by atoms with Gasteiger partial charge in [0, 0.05) is 13.1 Å². The van der Waals surface area contributed by atoms with Crippen molar-refractivity contribution in [1.82, 2.24) is 0 Å². The largest absolute Gasteiger partial charge is 0.383 e. The molecule has 0 unspecified atom stereocenters. The molecule has 0 amide bonds. The van der Waals surface area contributed by atoms with E-state index in [1.807, 2.05) is 0 Å². The Hall–Kier alpha value is -1.32. The van der Waals surface area contributed by atoms with Crippen molar-refractivity contribution in [3.8, 4) is 0 Å². The molecular weight excluding hydrogens is 198 g/mol. The van der Waals surface area contributed by atoms with Crippen LogP contribution in [0, 0.1) is 17.0 Å². The van der Waals surface area contributed by atoms with E-state index in [4.69, 9.17) is 0 Å². The van der Waals surface area contributed by atoms with Crippen molar-refractivity contribution < 1.29 is 8.78 Å². The Labute approximate surface area is 87.7 Å². The summed E-state index contributed by atoms with van der Waals surface area (Å²) in [5.74, 6) is -1.62. The molecule has 0 atom stereocenters. The van der Waals surface area contributed by atoms with Crippen LogP contribution < -0.4 is 10.6 Å². The molecule has 0 fully saturated rings. The lowest BCUT2D eigenvalue weighted by Gasteiger charge is -2.21. The van der Waals surface area contributed by atoms with Gasteiger partial charge >= 0.3 is 0 Å². The van der Waals surface area contributed by atoms with Crippen molar-refractivity contribution in [1.29, 1.82) is 0 Å². The minimum Gasteiger partial charge on any atom is -0.383 e. The van der Waals surface area contributed by atoms with Gasteiger partial charge in [-0.2, -0.15) is 0 Å². The Balaban J connectivity index is 2.40. The zero-order valence-electron chi connectivity index (χ0n) is 8.82. The number of halogens is 2. The summed E-state index contributed by atoms with van der Waals surface area (Å²) in [6.07, 6.45) is 0. The average molecular weight is 212 g/mol. The van der Waals surface area contributed by atoms with Crippen molar-refractivity contribution in [3.63, 3.8) is 0 Å². The molecular formula is C11H14F2N2. The van der Waals surface area contributed by atoms with Crippen LogP contribution in [0.5, 0.6) is 0 Å². The van der Waals surface area contributed by atoms with Gasteiger partial charge in [-0.25, -0.2) is 8.78 Å². The van der Waals surface area contributed by atoms with Crippen molar-refractivity contribution in [3.05, 3.63) is 23.8 Å². The third-order valence-corrected chi connectivity index (χ3v) is 2.60. The van der Waals surface area contributed by atoms with Gasteiger partial charge in [-0.1, -0.05) is 13.8 Å². The molecule has 0 aliphatic carbocycles. The van der Waals surface area contributed by atoms with Gasteiger partial charge in [0.05, 0.1) is 11.4 Å². The van der Waals surface area contributed by atoms with Crippen molar-refractivity contribution in [2.24, 2.45) is 5.41 Å². The van der Waals surface area contributed by atoms with Crippen LogP contribution in [0.1, 0.15) is 13.8 Å².